The molecule has 3 aromatic heterocycles. The number of thiophene rings is 1. The highest BCUT2D eigenvalue weighted by Crippen LogP contribution is 2.19. The summed E-state index contributed by atoms with van der Waals surface area (Å²) >= 11 is 1.67. The van der Waals surface area contributed by atoms with Crippen LogP contribution in [0.15, 0.2) is 45.3 Å². The Morgan fingerprint density at radius 1 is 1.32 bits per heavy atom. The number of aromatic nitrogens is 3. The monoisotopic (exact) mass is 516 g/mol. The van der Waals surface area contributed by atoms with Gasteiger partial charge in [-0.2, -0.15) is 0 Å². The zero-order valence-electron chi connectivity index (χ0n) is 16.0. The summed E-state index contributed by atoms with van der Waals surface area (Å²) in [6.45, 7) is 4.86. The van der Waals surface area contributed by atoms with Crippen molar-refractivity contribution < 1.29 is 9.52 Å². The lowest BCUT2D eigenvalue weighted by Crippen LogP contribution is -2.44. The Morgan fingerprint density at radius 3 is 2.75 bits per heavy atom. The molecule has 1 atom stereocenters. The minimum absolute atomic E-state index is 0. The van der Waals surface area contributed by atoms with Crippen LogP contribution in [0.5, 0.6) is 0 Å². The van der Waals surface area contributed by atoms with Gasteiger partial charge in [-0.1, -0.05) is 6.07 Å². The third-order valence-electron chi connectivity index (χ3n) is 4.22. The Labute approximate surface area is 185 Å². The van der Waals surface area contributed by atoms with Gasteiger partial charge in [0.15, 0.2) is 11.8 Å². The molecule has 3 heterocycles. The van der Waals surface area contributed by atoms with Gasteiger partial charge in [-0.15, -0.1) is 45.5 Å². The molecule has 0 fully saturated rings. The lowest BCUT2D eigenvalue weighted by atomic mass is 10.0. The molecule has 0 saturated heterocycles. The van der Waals surface area contributed by atoms with E-state index in [0.717, 1.165) is 11.6 Å². The fourth-order valence-electron chi connectivity index (χ4n) is 2.42. The lowest BCUT2D eigenvalue weighted by Gasteiger charge is -2.22. The highest BCUT2D eigenvalue weighted by atomic mass is 127. The van der Waals surface area contributed by atoms with Crippen LogP contribution in [0, 0.1) is 6.92 Å². The van der Waals surface area contributed by atoms with Crippen molar-refractivity contribution in [3.63, 3.8) is 0 Å². The molecular formula is C18H25IN6O2S. The summed E-state index contributed by atoms with van der Waals surface area (Å²) in [7, 11) is 1.91. The highest BCUT2D eigenvalue weighted by Gasteiger charge is 2.26. The Morgan fingerprint density at radius 2 is 2.14 bits per heavy atom. The van der Waals surface area contributed by atoms with E-state index in [9.17, 15) is 5.11 Å². The number of nitrogens with zero attached hydrogens (tertiary/aromatic N) is 4. The summed E-state index contributed by atoms with van der Waals surface area (Å²) in [6, 6.07) is 7.57. The molecule has 0 saturated carbocycles. The van der Waals surface area contributed by atoms with Gasteiger partial charge in [0.05, 0.1) is 19.4 Å². The third kappa shape index (κ3) is 5.79. The second-order valence-corrected chi connectivity index (χ2v) is 7.46. The Bertz CT molecular complexity index is 874. The Kier molecular flexibility index (Phi) is 8.01. The molecular weight excluding hydrogens is 491 g/mol. The molecule has 3 aromatic rings. The van der Waals surface area contributed by atoms with Gasteiger partial charge in [0, 0.05) is 11.9 Å². The maximum atomic E-state index is 10.6. The van der Waals surface area contributed by atoms with E-state index in [0.29, 0.717) is 24.8 Å². The van der Waals surface area contributed by atoms with Gasteiger partial charge in [-0.05, 0) is 37.4 Å². The molecule has 0 amide bonds. The summed E-state index contributed by atoms with van der Waals surface area (Å²) in [4.78, 5) is 5.78. The SMILES string of the molecule is Cc1nnc(CN=C(NCc2cccs2)NCC(C)(O)c2ccco2)n1C.I. The average Bonchev–Trinajstić information content (AvgIpc) is 3.40. The van der Waals surface area contributed by atoms with Gasteiger partial charge in [-0.3, -0.25) is 0 Å². The van der Waals surface area contributed by atoms with Crippen molar-refractivity contribution in [2.24, 2.45) is 12.0 Å². The maximum Gasteiger partial charge on any atom is 0.192 e. The molecule has 0 aliphatic rings. The molecule has 0 aromatic carbocycles. The molecule has 28 heavy (non-hydrogen) atoms. The molecule has 0 spiro atoms. The second-order valence-electron chi connectivity index (χ2n) is 6.42. The normalized spacial score (nSPS) is 13.6. The molecule has 8 nitrogen and oxygen atoms in total. The first-order chi connectivity index (χ1) is 13.0. The number of aliphatic imine (C=N–C) groups is 1. The quantitative estimate of drug-likeness (QED) is 0.254. The molecule has 0 radical (unpaired) electrons. The third-order valence-corrected chi connectivity index (χ3v) is 5.10. The minimum atomic E-state index is -1.16. The van der Waals surface area contributed by atoms with E-state index in [2.05, 4.69) is 31.9 Å². The van der Waals surface area contributed by atoms with Crippen LogP contribution < -0.4 is 10.6 Å². The smallest absolute Gasteiger partial charge is 0.192 e. The molecule has 0 aliphatic carbocycles. The fourth-order valence-corrected chi connectivity index (χ4v) is 3.07. The van der Waals surface area contributed by atoms with Crippen molar-refractivity contribution in [2.45, 2.75) is 32.5 Å². The van der Waals surface area contributed by atoms with Crippen LogP contribution in [0.3, 0.4) is 0 Å². The molecule has 0 bridgehead atoms. The second kappa shape index (κ2) is 10.0. The number of hydrogen-bond donors (Lipinski definition) is 3. The van der Waals surface area contributed by atoms with E-state index in [4.69, 9.17) is 4.42 Å². The summed E-state index contributed by atoms with van der Waals surface area (Å²) in [5.41, 5.74) is -1.16. The van der Waals surface area contributed by atoms with Crippen LogP contribution in [0.4, 0.5) is 0 Å². The highest BCUT2D eigenvalue weighted by molar-refractivity contribution is 14.0. The van der Waals surface area contributed by atoms with Gasteiger partial charge in [0.25, 0.3) is 0 Å². The van der Waals surface area contributed by atoms with Gasteiger partial charge >= 0.3 is 0 Å². The van der Waals surface area contributed by atoms with Crippen LogP contribution in [-0.2, 0) is 25.7 Å². The number of halogens is 1. The standard InChI is InChI=1S/C18H24N6O2S.HI/c1-13-22-23-16(24(13)3)11-20-17(19-10-14-6-5-9-27-14)21-12-18(2,25)15-7-4-8-26-15;/h4-9,25H,10-12H2,1-3H3,(H2,19,20,21);1H. The van der Waals surface area contributed by atoms with E-state index in [1.165, 1.54) is 4.88 Å². The first-order valence-corrected chi connectivity index (χ1v) is 9.49. The van der Waals surface area contributed by atoms with E-state index in [1.807, 2.05) is 30.0 Å². The molecule has 1 unspecified atom stereocenters. The first kappa shape index (κ1) is 22.4. The number of rotatable bonds is 7. The van der Waals surface area contributed by atoms with E-state index in [-0.39, 0.29) is 30.5 Å². The topological polar surface area (TPSA) is 100 Å². The fraction of sp³-hybridized carbons (Fsp3) is 0.389. The van der Waals surface area contributed by atoms with Crippen molar-refractivity contribution in [1.82, 2.24) is 25.4 Å². The summed E-state index contributed by atoms with van der Waals surface area (Å²) < 4.78 is 7.23. The van der Waals surface area contributed by atoms with Crippen LogP contribution in [0.2, 0.25) is 0 Å². The van der Waals surface area contributed by atoms with Crippen molar-refractivity contribution >= 4 is 41.3 Å². The van der Waals surface area contributed by atoms with Crippen molar-refractivity contribution in [1.29, 1.82) is 0 Å². The number of nitrogens with one attached hydrogen (secondary N) is 2. The molecule has 3 rings (SSSR count). The number of aliphatic hydroxyl groups is 1. The van der Waals surface area contributed by atoms with Crippen LogP contribution in [0.25, 0.3) is 0 Å². The van der Waals surface area contributed by atoms with Crippen LogP contribution in [0.1, 0.15) is 29.2 Å². The minimum Gasteiger partial charge on any atom is -0.466 e. The van der Waals surface area contributed by atoms with E-state index < -0.39 is 5.60 Å². The summed E-state index contributed by atoms with van der Waals surface area (Å²) in [5.74, 6) is 2.68. The van der Waals surface area contributed by atoms with E-state index >= 15 is 0 Å². The largest absolute Gasteiger partial charge is 0.466 e. The van der Waals surface area contributed by atoms with Crippen molar-refractivity contribution in [3.05, 3.63) is 58.2 Å². The average molecular weight is 516 g/mol. The molecule has 3 N–H and O–H groups in total. The van der Waals surface area contributed by atoms with Crippen LogP contribution >= 0.6 is 35.3 Å². The zero-order chi connectivity index (χ0) is 19.3. The first-order valence-electron chi connectivity index (χ1n) is 8.61. The predicted molar refractivity (Wildman–Crippen MR) is 120 cm³/mol. The number of guanidine groups is 1. The van der Waals surface area contributed by atoms with Gasteiger partial charge in [0.1, 0.15) is 23.7 Å². The van der Waals surface area contributed by atoms with Gasteiger partial charge in [0.2, 0.25) is 0 Å². The summed E-state index contributed by atoms with van der Waals surface area (Å²) in [6.07, 6.45) is 1.55. The number of aryl methyl sites for hydroxylation is 1. The Balaban J connectivity index is 0.00000280. The predicted octanol–water partition coefficient (Wildman–Crippen LogP) is 2.54. The lowest BCUT2D eigenvalue weighted by molar-refractivity contribution is 0.0385. The number of furan rings is 1. The van der Waals surface area contributed by atoms with Gasteiger partial charge < -0.3 is 24.7 Å². The molecule has 0 aliphatic heterocycles. The van der Waals surface area contributed by atoms with Gasteiger partial charge in [-0.25, -0.2) is 4.99 Å². The van der Waals surface area contributed by atoms with Crippen molar-refractivity contribution in [3.8, 4) is 0 Å². The molecule has 152 valence electrons. The Hall–Kier alpha value is -1.92. The van der Waals surface area contributed by atoms with Crippen molar-refractivity contribution in [2.75, 3.05) is 6.54 Å². The molecule has 10 heteroatoms. The maximum absolute atomic E-state index is 10.6. The number of hydrogen-bond acceptors (Lipinski definition) is 6. The summed E-state index contributed by atoms with van der Waals surface area (Å²) in [5, 5.41) is 27.3. The zero-order valence-corrected chi connectivity index (χ0v) is 19.2. The van der Waals surface area contributed by atoms with Crippen LogP contribution in [-0.4, -0.2) is 32.4 Å². The van der Waals surface area contributed by atoms with E-state index in [1.54, 1.807) is 36.7 Å².